The normalized spacial score (nSPS) is 13.4. The highest BCUT2D eigenvalue weighted by Gasteiger charge is 2.51. The van der Waals surface area contributed by atoms with Gasteiger partial charge in [-0.15, -0.1) is 0 Å². The third-order valence-electron chi connectivity index (χ3n) is 11.9. The van der Waals surface area contributed by atoms with E-state index in [-0.39, 0.29) is 0 Å². The third-order valence-corrected chi connectivity index (χ3v) is 11.9. The highest BCUT2D eigenvalue weighted by Crippen LogP contribution is 2.63. The van der Waals surface area contributed by atoms with Crippen molar-refractivity contribution < 1.29 is 0 Å². The Morgan fingerprint density at radius 3 is 1.21 bits per heavy atom. The predicted molar refractivity (Wildman–Crippen MR) is 225 cm³/mol. The first kappa shape index (κ1) is 33.2. The summed E-state index contributed by atoms with van der Waals surface area (Å²) in [5, 5.41) is 0. The van der Waals surface area contributed by atoms with Gasteiger partial charge in [0.2, 0.25) is 0 Å². The van der Waals surface area contributed by atoms with Crippen molar-refractivity contribution in [3.8, 4) is 33.4 Å². The lowest BCUT2D eigenvalue weighted by molar-refractivity contribution is 0.794. The molecule has 0 bridgehead atoms. The second-order valence-electron chi connectivity index (χ2n) is 15.9. The van der Waals surface area contributed by atoms with E-state index in [2.05, 4.69) is 204 Å². The molecule has 1 nitrogen and oxygen atoms in total. The average molecular weight is 686 g/mol. The van der Waals surface area contributed by atoms with Crippen LogP contribution in [0.15, 0.2) is 158 Å². The zero-order valence-corrected chi connectivity index (χ0v) is 31.7. The zero-order valence-electron chi connectivity index (χ0n) is 31.7. The van der Waals surface area contributed by atoms with Crippen LogP contribution in [0.4, 0.5) is 17.1 Å². The SMILES string of the molecule is CC(C)c1ccc(-c2ccc3c(c2)C2(c4ccccc4-c4ccccc42)c2cc(N(c4ccc(C(C)C)cc4)c4ccc(C(C)C)cc4)ccc2-3)cc1. The fourth-order valence-corrected chi connectivity index (χ4v) is 8.97. The van der Waals surface area contributed by atoms with Crippen LogP contribution in [0.5, 0.6) is 0 Å². The van der Waals surface area contributed by atoms with Crippen LogP contribution in [0.25, 0.3) is 33.4 Å². The number of hydrogen-bond acceptors (Lipinski definition) is 1. The van der Waals surface area contributed by atoms with Gasteiger partial charge in [0.1, 0.15) is 0 Å². The summed E-state index contributed by atoms with van der Waals surface area (Å²) < 4.78 is 0. The lowest BCUT2D eigenvalue weighted by Gasteiger charge is -2.32. The largest absolute Gasteiger partial charge is 0.310 e. The maximum Gasteiger partial charge on any atom is 0.0726 e. The van der Waals surface area contributed by atoms with Gasteiger partial charge in [0.05, 0.1) is 5.41 Å². The quantitative estimate of drug-likeness (QED) is 0.161. The Kier molecular flexibility index (Phi) is 8.00. The van der Waals surface area contributed by atoms with E-state index in [1.54, 1.807) is 0 Å². The first-order valence-corrected chi connectivity index (χ1v) is 19.3. The minimum absolute atomic E-state index is 0.448. The number of benzene rings is 7. The molecular formula is C52H47N. The van der Waals surface area contributed by atoms with Crippen molar-refractivity contribution in [2.75, 3.05) is 4.90 Å². The summed E-state index contributed by atoms with van der Waals surface area (Å²) in [6.07, 6.45) is 0. The van der Waals surface area contributed by atoms with Gasteiger partial charge in [0.25, 0.3) is 0 Å². The Bertz CT molecular complexity index is 2360. The van der Waals surface area contributed by atoms with Gasteiger partial charge in [-0.3, -0.25) is 0 Å². The molecular weight excluding hydrogens is 639 g/mol. The molecule has 0 amide bonds. The molecule has 0 heterocycles. The van der Waals surface area contributed by atoms with E-state index >= 15 is 0 Å². The van der Waals surface area contributed by atoms with E-state index < -0.39 is 5.41 Å². The molecule has 7 aromatic carbocycles. The van der Waals surface area contributed by atoms with Crippen LogP contribution >= 0.6 is 0 Å². The minimum atomic E-state index is -0.448. The van der Waals surface area contributed by atoms with Gasteiger partial charge in [0.15, 0.2) is 0 Å². The molecule has 7 aromatic rings. The maximum absolute atomic E-state index is 2.50. The summed E-state index contributed by atoms with van der Waals surface area (Å²) in [4.78, 5) is 2.44. The molecule has 0 fully saturated rings. The van der Waals surface area contributed by atoms with Gasteiger partial charge < -0.3 is 4.90 Å². The van der Waals surface area contributed by atoms with Gasteiger partial charge in [-0.05, 0) is 133 Å². The van der Waals surface area contributed by atoms with Crippen LogP contribution in [0.3, 0.4) is 0 Å². The third kappa shape index (κ3) is 5.20. The van der Waals surface area contributed by atoms with Crippen molar-refractivity contribution in [1.29, 1.82) is 0 Å². The minimum Gasteiger partial charge on any atom is -0.310 e. The first-order valence-electron chi connectivity index (χ1n) is 19.3. The van der Waals surface area contributed by atoms with Crippen molar-refractivity contribution in [1.82, 2.24) is 0 Å². The lowest BCUT2D eigenvalue weighted by atomic mass is 9.70. The fourth-order valence-electron chi connectivity index (χ4n) is 8.97. The molecule has 0 unspecified atom stereocenters. The average Bonchev–Trinajstić information content (AvgIpc) is 3.65. The molecule has 1 spiro atoms. The second-order valence-corrected chi connectivity index (χ2v) is 15.9. The summed E-state index contributed by atoms with van der Waals surface area (Å²) in [6.45, 7) is 13.6. The number of nitrogens with zero attached hydrogens (tertiary/aromatic N) is 1. The molecule has 0 atom stereocenters. The van der Waals surface area contributed by atoms with Crippen LogP contribution in [0, 0.1) is 0 Å². The first-order chi connectivity index (χ1) is 25.8. The molecule has 53 heavy (non-hydrogen) atoms. The van der Waals surface area contributed by atoms with E-state index in [4.69, 9.17) is 0 Å². The molecule has 0 N–H and O–H groups in total. The van der Waals surface area contributed by atoms with Crippen LogP contribution in [-0.4, -0.2) is 0 Å². The maximum atomic E-state index is 2.50. The molecule has 2 aliphatic rings. The number of anilines is 3. The van der Waals surface area contributed by atoms with Crippen LogP contribution < -0.4 is 4.90 Å². The Morgan fingerprint density at radius 2 is 0.717 bits per heavy atom. The van der Waals surface area contributed by atoms with Crippen LogP contribution in [-0.2, 0) is 5.41 Å². The topological polar surface area (TPSA) is 3.24 Å². The Balaban J connectivity index is 1.29. The van der Waals surface area contributed by atoms with Crippen LogP contribution in [0.2, 0.25) is 0 Å². The van der Waals surface area contributed by atoms with E-state index in [0.29, 0.717) is 17.8 Å². The fraction of sp³-hybridized carbons (Fsp3) is 0.192. The highest BCUT2D eigenvalue weighted by molar-refractivity contribution is 5.97. The molecule has 2 aliphatic carbocycles. The summed E-state index contributed by atoms with van der Waals surface area (Å²) in [6, 6.07) is 60.1. The van der Waals surface area contributed by atoms with Crippen molar-refractivity contribution in [2.45, 2.75) is 64.7 Å². The summed E-state index contributed by atoms with van der Waals surface area (Å²) in [5.74, 6) is 1.45. The van der Waals surface area contributed by atoms with Crippen molar-refractivity contribution >= 4 is 17.1 Å². The van der Waals surface area contributed by atoms with Crippen molar-refractivity contribution in [3.63, 3.8) is 0 Å². The molecule has 0 radical (unpaired) electrons. The molecule has 260 valence electrons. The molecule has 0 aromatic heterocycles. The lowest BCUT2D eigenvalue weighted by Crippen LogP contribution is -2.26. The Hall–Kier alpha value is -5.66. The van der Waals surface area contributed by atoms with E-state index in [1.807, 2.05) is 0 Å². The van der Waals surface area contributed by atoms with Gasteiger partial charge in [-0.1, -0.05) is 157 Å². The monoisotopic (exact) mass is 685 g/mol. The Morgan fingerprint density at radius 1 is 0.340 bits per heavy atom. The van der Waals surface area contributed by atoms with Crippen LogP contribution in [0.1, 0.15) is 98.2 Å². The number of hydrogen-bond donors (Lipinski definition) is 0. The van der Waals surface area contributed by atoms with Gasteiger partial charge >= 0.3 is 0 Å². The molecule has 0 saturated carbocycles. The second kappa shape index (κ2) is 12.8. The van der Waals surface area contributed by atoms with Crippen molar-refractivity contribution in [2.24, 2.45) is 0 Å². The summed E-state index contributed by atoms with van der Waals surface area (Å²) >= 11 is 0. The molecule has 0 aliphatic heterocycles. The molecule has 0 saturated heterocycles. The highest BCUT2D eigenvalue weighted by atomic mass is 15.1. The van der Waals surface area contributed by atoms with E-state index in [1.165, 1.54) is 72.3 Å². The predicted octanol–water partition coefficient (Wildman–Crippen LogP) is 14.5. The molecule has 9 rings (SSSR count). The number of rotatable bonds is 7. The standard InChI is InChI=1S/C52H47N/c1-33(2)36-15-17-39(18-16-36)40-23-29-46-47-30-28-43(53(41-24-19-37(20-25-41)34(3)4)42-26-21-38(22-27-42)35(5)6)32-51(47)52(50(46)31-40)48-13-9-7-11-44(48)45-12-8-10-14-49(45)52/h7-35H,1-6H3. The summed E-state index contributed by atoms with van der Waals surface area (Å²) in [7, 11) is 0. The number of fused-ring (bicyclic) bond motifs is 10. The smallest absolute Gasteiger partial charge is 0.0726 e. The van der Waals surface area contributed by atoms with E-state index in [9.17, 15) is 0 Å². The molecule has 1 heteroatoms. The Labute approximate surface area is 315 Å². The zero-order chi connectivity index (χ0) is 36.4. The van der Waals surface area contributed by atoms with Crippen molar-refractivity contribution in [3.05, 3.63) is 197 Å². The van der Waals surface area contributed by atoms with Gasteiger partial charge in [0, 0.05) is 17.1 Å². The van der Waals surface area contributed by atoms with Gasteiger partial charge in [-0.2, -0.15) is 0 Å². The summed E-state index contributed by atoms with van der Waals surface area (Å²) in [5.41, 5.74) is 20.3. The van der Waals surface area contributed by atoms with Gasteiger partial charge in [-0.25, -0.2) is 0 Å². The van der Waals surface area contributed by atoms with E-state index in [0.717, 1.165) is 17.1 Å².